The first kappa shape index (κ1) is 12.9. The van der Waals surface area contributed by atoms with Gasteiger partial charge in [0.2, 0.25) is 5.91 Å². The molecule has 0 unspecified atom stereocenters. The van der Waals surface area contributed by atoms with Crippen LogP contribution < -0.4 is 11.1 Å². The quantitative estimate of drug-likeness (QED) is 0.790. The molecule has 0 aromatic rings. The zero-order valence-electron chi connectivity index (χ0n) is 10.8. The van der Waals surface area contributed by atoms with Gasteiger partial charge >= 0.3 is 0 Å². The number of carbonyl (C=O) groups excluding carboxylic acids is 1. The summed E-state index contributed by atoms with van der Waals surface area (Å²) in [5.41, 5.74) is 5.80. The monoisotopic (exact) mass is 238 g/mol. The fraction of sp³-hybridized carbons (Fsp3) is 0.929. The number of hydrogen-bond acceptors (Lipinski definition) is 2. The van der Waals surface area contributed by atoms with Crippen molar-refractivity contribution in [2.45, 2.75) is 69.7 Å². The smallest absolute Gasteiger partial charge is 0.220 e. The highest BCUT2D eigenvalue weighted by molar-refractivity contribution is 5.77. The number of rotatable bonds is 4. The second kappa shape index (κ2) is 5.85. The summed E-state index contributed by atoms with van der Waals surface area (Å²) in [6.07, 6.45) is 11.7. The van der Waals surface area contributed by atoms with Gasteiger partial charge in [0.25, 0.3) is 0 Å². The molecule has 2 rings (SSSR count). The van der Waals surface area contributed by atoms with Crippen LogP contribution >= 0.6 is 0 Å². The predicted octanol–water partition coefficient (Wildman–Crippen LogP) is 2.34. The van der Waals surface area contributed by atoms with Gasteiger partial charge in [-0.25, -0.2) is 0 Å². The lowest BCUT2D eigenvalue weighted by Gasteiger charge is -2.37. The number of carbonyl (C=O) groups is 1. The minimum atomic E-state index is -0.0755. The highest BCUT2D eigenvalue weighted by Gasteiger charge is 2.32. The van der Waals surface area contributed by atoms with Crippen LogP contribution in [0.1, 0.15) is 64.2 Å². The second-order valence-electron chi connectivity index (χ2n) is 5.95. The van der Waals surface area contributed by atoms with Crippen LogP contribution in [0.3, 0.4) is 0 Å². The first-order valence-corrected chi connectivity index (χ1v) is 7.25. The molecule has 98 valence electrons. The van der Waals surface area contributed by atoms with Crippen LogP contribution in [0, 0.1) is 5.92 Å². The molecule has 2 aliphatic carbocycles. The summed E-state index contributed by atoms with van der Waals surface area (Å²) in [6, 6.07) is 0. The Labute approximate surface area is 105 Å². The molecule has 0 spiro atoms. The third-order valence-corrected chi connectivity index (χ3v) is 4.55. The van der Waals surface area contributed by atoms with E-state index in [9.17, 15) is 4.79 Å². The predicted molar refractivity (Wildman–Crippen MR) is 69.6 cm³/mol. The maximum atomic E-state index is 12.1. The molecule has 0 aromatic heterocycles. The third kappa shape index (κ3) is 3.44. The molecular formula is C14H26N2O. The van der Waals surface area contributed by atoms with Crippen molar-refractivity contribution in [1.29, 1.82) is 0 Å². The van der Waals surface area contributed by atoms with E-state index < -0.39 is 0 Å². The van der Waals surface area contributed by atoms with Gasteiger partial charge in [-0.1, -0.05) is 32.1 Å². The van der Waals surface area contributed by atoms with Gasteiger partial charge in [-0.3, -0.25) is 4.79 Å². The number of nitrogens with two attached hydrogens (primary N) is 1. The van der Waals surface area contributed by atoms with E-state index in [0.29, 0.717) is 12.5 Å². The van der Waals surface area contributed by atoms with Gasteiger partial charge in [-0.15, -0.1) is 0 Å². The maximum absolute atomic E-state index is 12.1. The van der Waals surface area contributed by atoms with Gasteiger partial charge in [-0.05, 0) is 31.6 Å². The molecule has 0 aromatic carbocycles. The van der Waals surface area contributed by atoms with Crippen LogP contribution in [0.4, 0.5) is 0 Å². The van der Waals surface area contributed by atoms with Crippen molar-refractivity contribution in [2.75, 3.05) is 6.54 Å². The van der Waals surface area contributed by atoms with Crippen molar-refractivity contribution in [1.82, 2.24) is 5.32 Å². The number of hydrogen-bond donors (Lipinski definition) is 2. The summed E-state index contributed by atoms with van der Waals surface area (Å²) in [5, 5.41) is 3.24. The summed E-state index contributed by atoms with van der Waals surface area (Å²) in [4.78, 5) is 12.1. The van der Waals surface area contributed by atoms with Crippen LogP contribution in [-0.4, -0.2) is 18.0 Å². The fourth-order valence-corrected chi connectivity index (χ4v) is 3.43. The molecule has 3 heteroatoms. The largest absolute Gasteiger partial charge is 0.349 e. The Hall–Kier alpha value is -0.570. The number of amides is 1. The molecule has 17 heavy (non-hydrogen) atoms. The SMILES string of the molecule is NCC1(NC(=O)CC2CCCC2)CCCCC1. The third-order valence-electron chi connectivity index (χ3n) is 4.55. The van der Waals surface area contributed by atoms with Crippen molar-refractivity contribution in [3.63, 3.8) is 0 Å². The van der Waals surface area contributed by atoms with E-state index in [0.717, 1.165) is 19.3 Å². The van der Waals surface area contributed by atoms with Crippen molar-refractivity contribution in [2.24, 2.45) is 11.7 Å². The highest BCUT2D eigenvalue weighted by Crippen LogP contribution is 2.30. The molecule has 2 aliphatic rings. The van der Waals surface area contributed by atoms with E-state index in [-0.39, 0.29) is 11.4 Å². The first-order valence-electron chi connectivity index (χ1n) is 7.25. The zero-order valence-corrected chi connectivity index (χ0v) is 10.8. The fourth-order valence-electron chi connectivity index (χ4n) is 3.43. The van der Waals surface area contributed by atoms with Crippen molar-refractivity contribution < 1.29 is 4.79 Å². The molecule has 3 N–H and O–H groups in total. The Balaban J connectivity index is 1.82. The normalized spacial score (nSPS) is 24.8. The molecule has 0 radical (unpaired) electrons. The van der Waals surface area contributed by atoms with Crippen LogP contribution in [0.2, 0.25) is 0 Å². The summed E-state index contributed by atoms with van der Waals surface area (Å²) in [7, 11) is 0. The van der Waals surface area contributed by atoms with Crippen LogP contribution in [0.5, 0.6) is 0 Å². The Morgan fingerprint density at radius 3 is 2.35 bits per heavy atom. The Morgan fingerprint density at radius 1 is 1.12 bits per heavy atom. The molecule has 0 heterocycles. The van der Waals surface area contributed by atoms with Crippen LogP contribution in [0.25, 0.3) is 0 Å². The lowest BCUT2D eigenvalue weighted by Crippen LogP contribution is -2.54. The Bertz CT molecular complexity index is 253. The maximum Gasteiger partial charge on any atom is 0.220 e. The van der Waals surface area contributed by atoms with Gasteiger partial charge in [0.1, 0.15) is 0 Å². The molecule has 0 aliphatic heterocycles. The zero-order chi connectivity index (χ0) is 12.1. The van der Waals surface area contributed by atoms with Gasteiger partial charge in [-0.2, -0.15) is 0 Å². The van der Waals surface area contributed by atoms with Gasteiger partial charge in [0.15, 0.2) is 0 Å². The van der Waals surface area contributed by atoms with E-state index in [1.807, 2.05) is 0 Å². The van der Waals surface area contributed by atoms with Crippen molar-refractivity contribution in [3.05, 3.63) is 0 Å². The second-order valence-corrected chi connectivity index (χ2v) is 5.95. The first-order chi connectivity index (χ1) is 8.24. The molecular weight excluding hydrogens is 212 g/mol. The minimum absolute atomic E-state index is 0.0755. The molecule has 2 fully saturated rings. The Morgan fingerprint density at radius 2 is 1.76 bits per heavy atom. The van der Waals surface area contributed by atoms with E-state index in [4.69, 9.17) is 5.73 Å². The summed E-state index contributed by atoms with van der Waals surface area (Å²) < 4.78 is 0. The minimum Gasteiger partial charge on any atom is -0.349 e. The summed E-state index contributed by atoms with van der Waals surface area (Å²) >= 11 is 0. The number of nitrogens with one attached hydrogen (secondary N) is 1. The lowest BCUT2D eigenvalue weighted by molar-refractivity contribution is -0.124. The lowest BCUT2D eigenvalue weighted by atomic mass is 9.81. The van der Waals surface area contributed by atoms with Crippen molar-refractivity contribution >= 4 is 5.91 Å². The summed E-state index contributed by atoms with van der Waals surface area (Å²) in [6.45, 7) is 0.601. The molecule has 3 nitrogen and oxygen atoms in total. The molecule has 2 saturated carbocycles. The summed E-state index contributed by atoms with van der Waals surface area (Å²) in [5.74, 6) is 0.873. The van der Waals surface area contributed by atoms with Crippen LogP contribution in [0.15, 0.2) is 0 Å². The van der Waals surface area contributed by atoms with E-state index in [1.165, 1.54) is 44.9 Å². The van der Waals surface area contributed by atoms with Gasteiger partial charge in [0.05, 0.1) is 5.54 Å². The molecule has 0 bridgehead atoms. The van der Waals surface area contributed by atoms with E-state index in [1.54, 1.807) is 0 Å². The molecule has 0 saturated heterocycles. The average Bonchev–Trinajstić information content (AvgIpc) is 2.83. The standard InChI is InChI=1S/C14H26N2O/c15-11-14(8-4-1-5-9-14)16-13(17)10-12-6-2-3-7-12/h12H,1-11,15H2,(H,16,17). The van der Waals surface area contributed by atoms with Gasteiger partial charge in [0, 0.05) is 13.0 Å². The topological polar surface area (TPSA) is 55.1 Å². The van der Waals surface area contributed by atoms with Gasteiger partial charge < -0.3 is 11.1 Å². The molecule has 0 atom stereocenters. The van der Waals surface area contributed by atoms with E-state index >= 15 is 0 Å². The van der Waals surface area contributed by atoms with Crippen LogP contribution in [-0.2, 0) is 4.79 Å². The average molecular weight is 238 g/mol. The van der Waals surface area contributed by atoms with Crippen molar-refractivity contribution in [3.8, 4) is 0 Å². The Kier molecular flexibility index (Phi) is 4.43. The highest BCUT2D eigenvalue weighted by atomic mass is 16.1. The molecule has 1 amide bonds. The van der Waals surface area contributed by atoms with E-state index in [2.05, 4.69) is 5.32 Å².